The second-order valence-electron chi connectivity index (χ2n) is 6.46. The monoisotopic (exact) mass is 584 g/mol. The van der Waals surface area contributed by atoms with Gasteiger partial charge >= 0.3 is 11.5 Å². The molecular weight excluding hydrogens is 568 g/mol. The van der Waals surface area contributed by atoms with Crippen molar-refractivity contribution in [3.63, 3.8) is 0 Å². The van der Waals surface area contributed by atoms with Crippen molar-refractivity contribution >= 4 is 41.1 Å². The molecule has 0 spiro atoms. The van der Waals surface area contributed by atoms with Gasteiger partial charge in [0.05, 0.1) is 59.9 Å². The number of aromatic nitrogens is 6. The van der Waals surface area contributed by atoms with E-state index in [1.165, 1.54) is 17.1 Å². The van der Waals surface area contributed by atoms with Gasteiger partial charge < -0.3 is 5.73 Å². The molecule has 0 aliphatic heterocycles. The first-order chi connectivity index (χ1) is 17.3. The lowest BCUT2D eigenvalue weighted by molar-refractivity contribution is 0.236. The Morgan fingerprint density at radius 3 is 1.68 bits per heavy atom. The number of alkyl halides is 4. The quantitative estimate of drug-likeness (QED) is 0.256. The molecule has 37 heavy (non-hydrogen) atoms. The molecule has 0 saturated heterocycles. The van der Waals surface area contributed by atoms with Crippen LogP contribution < -0.4 is 10.5 Å². The molecule has 4 heterocycles. The fourth-order valence-electron chi connectivity index (χ4n) is 2.18. The predicted octanol–water partition coefficient (Wildman–Crippen LogP) is 2.86. The zero-order chi connectivity index (χ0) is 27.6. The first-order valence-electron chi connectivity index (χ1n) is 9.46. The third kappa shape index (κ3) is 9.66. The van der Waals surface area contributed by atoms with E-state index in [1.807, 2.05) is 12.1 Å². The fourth-order valence-corrected chi connectivity index (χ4v) is 2.71. The number of pyridine rings is 2. The Balaban J connectivity index is 0.000000218. The zero-order valence-corrected chi connectivity index (χ0v) is 20.6. The highest BCUT2D eigenvalue weighted by molar-refractivity contribution is 8.14. The van der Waals surface area contributed by atoms with Crippen LogP contribution in [-0.2, 0) is 19.1 Å². The van der Waals surface area contributed by atoms with Gasteiger partial charge in [0.25, 0.3) is 19.1 Å². The van der Waals surface area contributed by atoms with Gasteiger partial charge in [0, 0.05) is 23.1 Å². The van der Waals surface area contributed by atoms with Crippen LogP contribution in [0.2, 0.25) is 0 Å². The Labute approximate surface area is 212 Å². The van der Waals surface area contributed by atoms with Crippen LogP contribution in [0.4, 0.5) is 28.9 Å². The number of halogens is 5. The van der Waals surface area contributed by atoms with Gasteiger partial charge in [-0.2, -0.15) is 27.8 Å². The molecule has 4 aromatic heterocycles. The molecule has 200 valence electrons. The smallest absolute Gasteiger partial charge is 0.355 e. The molecule has 0 fully saturated rings. The molecule has 0 amide bonds. The third-order valence-electron chi connectivity index (χ3n) is 3.71. The Morgan fingerprint density at radius 1 is 0.811 bits per heavy atom. The molecule has 0 unspecified atom stereocenters. The van der Waals surface area contributed by atoms with Gasteiger partial charge in [-0.05, 0) is 24.3 Å². The molecule has 0 aliphatic rings. The number of hydrogen-bond acceptors (Lipinski definition) is 9. The van der Waals surface area contributed by atoms with Crippen molar-refractivity contribution in [2.75, 3.05) is 10.5 Å². The number of anilines is 2. The Kier molecular flexibility index (Phi) is 10.3. The van der Waals surface area contributed by atoms with Gasteiger partial charge in [-0.1, -0.05) is 0 Å². The summed E-state index contributed by atoms with van der Waals surface area (Å²) in [6.07, 6.45) is 12.3. The van der Waals surface area contributed by atoms with Crippen molar-refractivity contribution in [2.45, 2.75) is 11.5 Å². The van der Waals surface area contributed by atoms with Crippen LogP contribution in [0.5, 0.6) is 0 Å². The number of nitrogens with one attached hydrogen (secondary N) is 1. The van der Waals surface area contributed by atoms with Gasteiger partial charge in [-0.25, -0.2) is 26.2 Å². The van der Waals surface area contributed by atoms with Crippen LogP contribution in [0.3, 0.4) is 0 Å². The maximum atomic E-state index is 12.1. The minimum atomic E-state index is -4.67. The van der Waals surface area contributed by atoms with E-state index in [2.05, 4.69) is 30.8 Å². The Hall–Kier alpha value is -3.77. The van der Waals surface area contributed by atoms with Crippen molar-refractivity contribution < 1.29 is 34.4 Å². The summed E-state index contributed by atoms with van der Waals surface area (Å²) in [4.78, 5) is 7.82. The number of sulfonamides is 1. The van der Waals surface area contributed by atoms with E-state index in [9.17, 15) is 34.4 Å². The topological polar surface area (TPSA) is 168 Å². The van der Waals surface area contributed by atoms with Gasteiger partial charge in [0.15, 0.2) is 0 Å². The van der Waals surface area contributed by atoms with Crippen molar-refractivity contribution in [2.24, 2.45) is 0 Å². The fraction of sp³-hybridized carbons (Fsp3) is 0.111. The number of nitrogens with zero attached hydrogens (tertiary/aromatic N) is 6. The summed E-state index contributed by atoms with van der Waals surface area (Å²) in [6.45, 7) is 0. The molecule has 4 rings (SSSR count). The molecule has 0 saturated carbocycles. The van der Waals surface area contributed by atoms with Crippen molar-refractivity contribution in [1.82, 2.24) is 29.5 Å². The molecule has 0 radical (unpaired) electrons. The molecule has 0 aliphatic carbocycles. The van der Waals surface area contributed by atoms with Crippen molar-refractivity contribution in [3.05, 3.63) is 73.8 Å². The molecule has 4 aromatic rings. The zero-order valence-electron chi connectivity index (χ0n) is 18.2. The first kappa shape index (κ1) is 29.5. The van der Waals surface area contributed by atoms with Crippen LogP contribution in [0.1, 0.15) is 0 Å². The van der Waals surface area contributed by atoms with E-state index in [-0.39, 0.29) is 5.69 Å². The molecule has 0 atom stereocenters. The first-order valence-corrected chi connectivity index (χ1v) is 13.4. The average molecular weight is 585 g/mol. The molecule has 0 aromatic carbocycles. The van der Waals surface area contributed by atoms with E-state index in [0.717, 1.165) is 11.9 Å². The summed E-state index contributed by atoms with van der Waals surface area (Å²) < 4.78 is 91.2. The average Bonchev–Trinajstić information content (AvgIpc) is 3.49. The van der Waals surface area contributed by atoms with E-state index in [1.54, 1.807) is 52.5 Å². The summed E-state index contributed by atoms with van der Waals surface area (Å²) in [5, 5.41) is 7.87. The highest BCUT2D eigenvalue weighted by Gasteiger charge is 2.24. The Bertz CT molecular complexity index is 1470. The van der Waals surface area contributed by atoms with Crippen molar-refractivity contribution in [1.29, 1.82) is 0 Å². The summed E-state index contributed by atoms with van der Waals surface area (Å²) in [5.41, 5.74) is 7.62. The van der Waals surface area contributed by atoms with Gasteiger partial charge in [-0.3, -0.25) is 14.7 Å². The summed E-state index contributed by atoms with van der Waals surface area (Å²) >= 11 is 0. The SMILES string of the molecule is Nc1cnn(-c2cccnc2)c1.O=S(=O)(Cl)C(F)F.O=S(=O)(Nc1cnn(-c2cccnc2)c1)C(F)F. The number of hydrogen-bond donors (Lipinski definition) is 2. The largest absolute Gasteiger partial charge is 0.396 e. The minimum Gasteiger partial charge on any atom is -0.396 e. The van der Waals surface area contributed by atoms with E-state index < -0.39 is 30.6 Å². The molecule has 19 heteroatoms. The second kappa shape index (κ2) is 13.0. The van der Waals surface area contributed by atoms with Gasteiger partial charge in [0.1, 0.15) is 0 Å². The lowest BCUT2D eigenvalue weighted by Gasteiger charge is -2.03. The summed E-state index contributed by atoms with van der Waals surface area (Å²) in [7, 11) is -5.18. The van der Waals surface area contributed by atoms with Crippen LogP contribution in [0.25, 0.3) is 11.4 Å². The van der Waals surface area contributed by atoms with Gasteiger partial charge in [0.2, 0.25) is 0 Å². The molecular formula is C18H17ClF4N8O4S2. The van der Waals surface area contributed by atoms with Crippen LogP contribution >= 0.6 is 10.7 Å². The summed E-state index contributed by atoms with van der Waals surface area (Å²) in [6, 6.07) is 7.12. The van der Waals surface area contributed by atoms with Crippen LogP contribution in [0.15, 0.2) is 73.8 Å². The standard InChI is InChI=1S/C9H8F2N4O2S.C8H8N4.CHClF2O2S/c10-9(11)18(16,17)14-7-4-13-15(6-7)8-2-1-3-12-5-8;9-7-4-11-12(6-7)8-2-1-3-10-5-8;2-7(5,6)1(3)4/h1-6,9,14H;1-6H,9H2;1H. The predicted molar refractivity (Wildman–Crippen MR) is 126 cm³/mol. The number of rotatable bonds is 6. The molecule has 0 bridgehead atoms. The highest BCUT2D eigenvalue weighted by Crippen LogP contribution is 2.15. The normalized spacial score (nSPS) is 11.3. The lowest BCUT2D eigenvalue weighted by atomic mass is 10.4. The Morgan fingerprint density at radius 2 is 1.30 bits per heavy atom. The maximum absolute atomic E-state index is 12.1. The minimum absolute atomic E-state index is 0.0425. The number of nitrogen functional groups attached to an aromatic ring is 1. The number of nitrogens with two attached hydrogens (primary N) is 1. The second-order valence-corrected chi connectivity index (χ2v) is 10.7. The third-order valence-corrected chi connectivity index (χ3v) is 5.53. The molecule has 12 nitrogen and oxygen atoms in total. The molecule has 3 N–H and O–H groups in total. The highest BCUT2D eigenvalue weighted by atomic mass is 35.7. The lowest BCUT2D eigenvalue weighted by Crippen LogP contribution is -2.20. The van der Waals surface area contributed by atoms with Crippen LogP contribution in [0, 0.1) is 0 Å². The van der Waals surface area contributed by atoms with Crippen LogP contribution in [-0.4, -0.2) is 57.9 Å². The van der Waals surface area contributed by atoms with Crippen molar-refractivity contribution in [3.8, 4) is 11.4 Å². The maximum Gasteiger partial charge on any atom is 0.355 e. The van der Waals surface area contributed by atoms with Gasteiger partial charge in [-0.15, -0.1) is 0 Å². The summed E-state index contributed by atoms with van der Waals surface area (Å²) in [5.74, 6) is -6.95. The van der Waals surface area contributed by atoms with E-state index in [4.69, 9.17) is 5.73 Å². The van der Waals surface area contributed by atoms with E-state index in [0.29, 0.717) is 11.4 Å². The van der Waals surface area contributed by atoms with E-state index >= 15 is 0 Å².